The molecule has 1 N–H and O–H groups in total. The zero-order valence-corrected chi connectivity index (χ0v) is 14.4. The van der Waals surface area contributed by atoms with Crippen molar-refractivity contribution in [2.24, 2.45) is 11.0 Å². The average Bonchev–Trinajstić information content (AvgIpc) is 3.04. The van der Waals surface area contributed by atoms with Crippen LogP contribution < -0.4 is 5.01 Å². The van der Waals surface area contributed by atoms with Gasteiger partial charge in [-0.15, -0.1) is 11.3 Å². The highest BCUT2D eigenvalue weighted by molar-refractivity contribution is 7.14. The molecular formula is C15H18F3N3O3S. The summed E-state index contributed by atoms with van der Waals surface area (Å²) in [6.45, 7) is 1.75. The monoisotopic (exact) mass is 377 g/mol. The smallest absolute Gasteiger partial charge is 0.439 e. The van der Waals surface area contributed by atoms with Gasteiger partial charge in [0.1, 0.15) is 0 Å². The highest BCUT2D eigenvalue weighted by Gasteiger charge is 2.67. The number of esters is 1. The summed E-state index contributed by atoms with van der Waals surface area (Å²) in [5.74, 6) is -1.84. The average molecular weight is 377 g/mol. The molecule has 0 aromatic carbocycles. The van der Waals surface area contributed by atoms with E-state index in [0.29, 0.717) is 23.6 Å². The number of fused-ring (bicyclic) bond motifs is 1. The Bertz CT molecular complexity index is 691. The van der Waals surface area contributed by atoms with Crippen LogP contribution in [-0.2, 0) is 4.74 Å². The van der Waals surface area contributed by atoms with Gasteiger partial charge in [0.25, 0.3) is 5.72 Å². The first-order valence-electron chi connectivity index (χ1n) is 8.08. The second kappa shape index (κ2) is 6.56. The van der Waals surface area contributed by atoms with Gasteiger partial charge in [-0.25, -0.2) is 9.78 Å². The summed E-state index contributed by atoms with van der Waals surface area (Å²) >= 11 is 0.817. The van der Waals surface area contributed by atoms with Crippen LogP contribution in [0.2, 0.25) is 0 Å². The molecule has 0 saturated heterocycles. The number of aliphatic hydroxyl groups is 1. The Hall–Kier alpha value is -1.68. The van der Waals surface area contributed by atoms with Crippen molar-refractivity contribution in [1.29, 1.82) is 0 Å². The van der Waals surface area contributed by atoms with Gasteiger partial charge in [-0.1, -0.05) is 12.8 Å². The van der Waals surface area contributed by atoms with E-state index < -0.39 is 23.8 Å². The Balaban J connectivity index is 1.99. The van der Waals surface area contributed by atoms with E-state index in [2.05, 4.69) is 10.1 Å². The van der Waals surface area contributed by atoms with E-state index in [1.165, 1.54) is 5.38 Å². The zero-order valence-electron chi connectivity index (χ0n) is 13.5. The quantitative estimate of drug-likeness (QED) is 0.818. The minimum Gasteiger partial charge on any atom is -0.461 e. The van der Waals surface area contributed by atoms with Crippen molar-refractivity contribution in [3.63, 3.8) is 0 Å². The zero-order chi connectivity index (χ0) is 18.2. The first kappa shape index (κ1) is 18.1. The molecule has 138 valence electrons. The minimum absolute atomic E-state index is 0.0985. The maximum absolute atomic E-state index is 13.8. The van der Waals surface area contributed by atoms with Crippen molar-refractivity contribution in [2.75, 3.05) is 11.6 Å². The third kappa shape index (κ3) is 3.01. The topological polar surface area (TPSA) is 75.0 Å². The summed E-state index contributed by atoms with van der Waals surface area (Å²) in [5, 5.41) is 16.4. The van der Waals surface area contributed by atoms with E-state index in [0.717, 1.165) is 24.2 Å². The van der Waals surface area contributed by atoms with E-state index in [9.17, 15) is 23.1 Å². The fraction of sp³-hybridized carbons (Fsp3) is 0.667. The molecule has 1 aliphatic carbocycles. The second-order valence-electron chi connectivity index (χ2n) is 6.01. The summed E-state index contributed by atoms with van der Waals surface area (Å²) in [6.07, 6.45) is -2.14. The number of alkyl halides is 3. The first-order chi connectivity index (χ1) is 11.8. The molecule has 0 bridgehead atoms. The van der Waals surface area contributed by atoms with Gasteiger partial charge in [0.2, 0.25) is 5.13 Å². The van der Waals surface area contributed by atoms with Crippen LogP contribution in [0.15, 0.2) is 10.5 Å². The molecule has 0 amide bonds. The van der Waals surface area contributed by atoms with Crippen LogP contribution in [0.4, 0.5) is 18.3 Å². The molecule has 2 heterocycles. The van der Waals surface area contributed by atoms with Gasteiger partial charge >= 0.3 is 12.1 Å². The molecule has 3 rings (SSSR count). The first-order valence-corrected chi connectivity index (χ1v) is 8.96. The van der Waals surface area contributed by atoms with Crippen molar-refractivity contribution in [1.82, 2.24) is 4.98 Å². The van der Waals surface area contributed by atoms with E-state index in [-0.39, 0.29) is 23.9 Å². The Labute approximate surface area is 146 Å². The Morgan fingerprint density at radius 2 is 2.24 bits per heavy atom. The predicted octanol–water partition coefficient (Wildman–Crippen LogP) is 3.33. The van der Waals surface area contributed by atoms with Crippen LogP contribution in [0.1, 0.15) is 49.5 Å². The van der Waals surface area contributed by atoms with Gasteiger partial charge in [0.15, 0.2) is 5.69 Å². The summed E-state index contributed by atoms with van der Waals surface area (Å²) in [4.78, 5) is 15.6. The predicted molar refractivity (Wildman–Crippen MR) is 85.6 cm³/mol. The van der Waals surface area contributed by atoms with Crippen LogP contribution in [0, 0.1) is 5.92 Å². The molecule has 0 radical (unpaired) electrons. The minimum atomic E-state index is -4.91. The lowest BCUT2D eigenvalue weighted by Gasteiger charge is -2.36. The van der Waals surface area contributed by atoms with Crippen LogP contribution in [0.3, 0.4) is 0 Å². The highest BCUT2D eigenvalue weighted by atomic mass is 32.1. The number of aromatic nitrogens is 1. The van der Waals surface area contributed by atoms with Crippen molar-refractivity contribution < 1.29 is 27.8 Å². The van der Waals surface area contributed by atoms with Gasteiger partial charge in [-0.05, 0) is 26.2 Å². The lowest BCUT2D eigenvalue weighted by Crippen LogP contribution is -2.60. The van der Waals surface area contributed by atoms with Gasteiger partial charge < -0.3 is 9.84 Å². The number of halogens is 3. The third-order valence-corrected chi connectivity index (χ3v) is 5.26. The number of thiazole rings is 1. The fourth-order valence-corrected chi connectivity index (χ4v) is 4.04. The molecule has 1 aliphatic heterocycles. The number of carbonyl (C=O) groups excluding carboxylic acids is 1. The van der Waals surface area contributed by atoms with E-state index >= 15 is 0 Å². The lowest BCUT2D eigenvalue weighted by atomic mass is 9.87. The normalized spacial score (nSPS) is 26.8. The molecule has 1 aromatic heterocycles. The Morgan fingerprint density at radius 1 is 1.48 bits per heavy atom. The molecule has 2 unspecified atom stereocenters. The van der Waals surface area contributed by atoms with Gasteiger partial charge in [0, 0.05) is 11.1 Å². The van der Waals surface area contributed by atoms with Crippen molar-refractivity contribution in [2.45, 2.75) is 50.9 Å². The Kier molecular flexibility index (Phi) is 4.76. The summed E-state index contributed by atoms with van der Waals surface area (Å²) < 4.78 is 46.2. The van der Waals surface area contributed by atoms with Crippen LogP contribution in [0.25, 0.3) is 0 Å². The number of nitrogens with zero attached hydrogens (tertiary/aromatic N) is 3. The molecule has 10 heteroatoms. The van der Waals surface area contributed by atoms with Crippen LogP contribution in [-0.4, -0.2) is 40.3 Å². The van der Waals surface area contributed by atoms with Crippen LogP contribution >= 0.6 is 11.3 Å². The molecule has 2 atom stereocenters. The van der Waals surface area contributed by atoms with Crippen molar-refractivity contribution >= 4 is 28.1 Å². The molecule has 1 aromatic rings. The molecule has 25 heavy (non-hydrogen) atoms. The number of carbonyl (C=O) groups is 1. The SMILES string of the molecule is CCOC(=O)c1csc(N2N=C3CCCCCC3C2(O)C(F)(F)F)n1. The summed E-state index contributed by atoms with van der Waals surface area (Å²) in [6, 6.07) is 0. The Morgan fingerprint density at radius 3 is 2.92 bits per heavy atom. The number of ether oxygens (including phenoxy) is 1. The van der Waals surface area contributed by atoms with Gasteiger partial charge in [-0.3, -0.25) is 0 Å². The number of hydrogen-bond donors (Lipinski definition) is 1. The summed E-state index contributed by atoms with van der Waals surface area (Å²) in [7, 11) is 0. The van der Waals surface area contributed by atoms with Crippen LogP contribution in [0.5, 0.6) is 0 Å². The number of hydrogen-bond acceptors (Lipinski definition) is 7. The molecule has 1 saturated carbocycles. The lowest BCUT2D eigenvalue weighted by molar-refractivity contribution is -0.268. The standard InChI is InChI=1S/C15H18F3N3O3S/c1-2-24-12(22)11-8-25-13(19-11)21-14(23,15(16,17)18)9-6-4-3-5-7-10(9)20-21/h8-9,23H,2-7H2,1H3. The molecular weight excluding hydrogens is 359 g/mol. The van der Waals surface area contributed by atoms with Crippen molar-refractivity contribution in [3.8, 4) is 0 Å². The maximum atomic E-state index is 13.8. The van der Waals surface area contributed by atoms with E-state index in [4.69, 9.17) is 4.74 Å². The maximum Gasteiger partial charge on any atom is 0.439 e. The number of rotatable bonds is 3. The van der Waals surface area contributed by atoms with Gasteiger partial charge in [0.05, 0.1) is 12.5 Å². The summed E-state index contributed by atoms with van der Waals surface area (Å²) in [5.41, 5.74) is -2.90. The van der Waals surface area contributed by atoms with E-state index in [1.54, 1.807) is 6.92 Å². The van der Waals surface area contributed by atoms with Gasteiger partial charge in [-0.2, -0.15) is 23.3 Å². The molecule has 2 aliphatic rings. The fourth-order valence-electron chi connectivity index (χ4n) is 3.24. The second-order valence-corrected chi connectivity index (χ2v) is 6.85. The van der Waals surface area contributed by atoms with Crippen molar-refractivity contribution in [3.05, 3.63) is 11.1 Å². The molecule has 1 fully saturated rings. The third-order valence-electron chi connectivity index (χ3n) is 4.44. The highest BCUT2D eigenvalue weighted by Crippen LogP contribution is 2.49. The largest absolute Gasteiger partial charge is 0.461 e. The number of anilines is 1. The molecule has 6 nitrogen and oxygen atoms in total. The number of hydrazone groups is 1. The van der Waals surface area contributed by atoms with E-state index in [1.807, 2.05) is 0 Å². The molecule has 0 spiro atoms.